The van der Waals surface area contributed by atoms with Gasteiger partial charge in [0.25, 0.3) is 0 Å². The standard InChI is InChI=1S/C10H21AsO9S/c1-11(2,15)3-7-8(13)9(14)10(20-7)19-4-6(12)5-21(16,17)18/h6-10,12-14H,3-5H2,1-2H3,(H,16,17,18)/p-1. The minimum atomic E-state index is -4.60. The minimum absolute atomic E-state index is 0.105. The molecule has 3 N–H and O–H groups in total. The molecule has 21 heavy (non-hydrogen) atoms. The molecule has 1 heterocycles. The second-order valence-electron chi connectivity index (χ2n) is 5.49. The predicted molar refractivity (Wildman–Crippen MR) is 70.2 cm³/mol. The van der Waals surface area contributed by atoms with Gasteiger partial charge in [0, 0.05) is 0 Å². The van der Waals surface area contributed by atoms with Crippen LogP contribution in [0.1, 0.15) is 0 Å². The molecule has 0 aromatic heterocycles. The zero-order valence-electron chi connectivity index (χ0n) is 11.7. The second-order valence-corrected chi connectivity index (χ2v) is 14.3. The summed E-state index contributed by atoms with van der Waals surface area (Å²) in [6.07, 6.45) is -6.40. The summed E-state index contributed by atoms with van der Waals surface area (Å²) in [5, 5.41) is 28.9. The van der Waals surface area contributed by atoms with Gasteiger partial charge in [-0.3, -0.25) is 0 Å². The molecule has 0 saturated carbocycles. The zero-order chi connectivity index (χ0) is 16.4. The van der Waals surface area contributed by atoms with E-state index in [0.29, 0.717) is 0 Å². The third kappa shape index (κ3) is 6.79. The molecule has 1 aliphatic heterocycles. The maximum atomic E-state index is 11.8. The van der Waals surface area contributed by atoms with Crippen LogP contribution < -0.4 is 0 Å². The van der Waals surface area contributed by atoms with Crippen LogP contribution in [0.3, 0.4) is 0 Å². The molecule has 9 nitrogen and oxygen atoms in total. The van der Waals surface area contributed by atoms with Gasteiger partial charge in [-0.1, -0.05) is 0 Å². The van der Waals surface area contributed by atoms with Crippen molar-refractivity contribution in [2.24, 2.45) is 0 Å². The van der Waals surface area contributed by atoms with Crippen molar-refractivity contribution in [3.05, 3.63) is 0 Å². The van der Waals surface area contributed by atoms with Gasteiger partial charge in [0.1, 0.15) is 0 Å². The van der Waals surface area contributed by atoms with Crippen molar-refractivity contribution in [2.45, 2.75) is 47.3 Å². The molecule has 5 atom stereocenters. The van der Waals surface area contributed by atoms with Gasteiger partial charge in [-0.25, -0.2) is 0 Å². The van der Waals surface area contributed by atoms with Crippen molar-refractivity contribution in [3.8, 4) is 0 Å². The summed E-state index contributed by atoms with van der Waals surface area (Å²) in [7, 11) is -4.60. The van der Waals surface area contributed by atoms with E-state index in [-0.39, 0.29) is 5.21 Å². The molecule has 1 aliphatic rings. The summed E-state index contributed by atoms with van der Waals surface area (Å²) in [5.41, 5.74) is 3.13. The van der Waals surface area contributed by atoms with Crippen LogP contribution in [0.15, 0.2) is 0 Å². The van der Waals surface area contributed by atoms with E-state index >= 15 is 0 Å². The second kappa shape index (κ2) is 7.10. The third-order valence-corrected chi connectivity index (χ3v) is 6.18. The fourth-order valence-corrected chi connectivity index (χ4v) is 4.95. The maximum absolute atomic E-state index is 11.8. The summed E-state index contributed by atoms with van der Waals surface area (Å²) in [6, 6.07) is 0. The van der Waals surface area contributed by atoms with Gasteiger partial charge < -0.3 is 0 Å². The molecule has 126 valence electrons. The van der Waals surface area contributed by atoms with E-state index in [2.05, 4.69) is 0 Å². The van der Waals surface area contributed by atoms with Gasteiger partial charge in [0.2, 0.25) is 0 Å². The first kappa shape index (κ1) is 19.1. The zero-order valence-corrected chi connectivity index (χ0v) is 14.3. The molecule has 5 unspecified atom stereocenters. The molecule has 0 amide bonds. The number of hydrogen-bond donors (Lipinski definition) is 3. The quantitative estimate of drug-likeness (QED) is 0.330. The SMILES string of the molecule is C[As](C)(=O)CC1OC(OCC(O)CS(=O)(=O)[O-])C(O)C1O. The van der Waals surface area contributed by atoms with Gasteiger partial charge in [-0.15, -0.1) is 0 Å². The van der Waals surface area contributed by atoms with Gasteiger partial charge in [-0.05, 0) is 0 Å². The Bertz CT molecular complexity index is 487. The van der Waals surface area contributed by atoms with E-state index in [1.165, 1.54) is 0 Å². The summed E-state index contributed by atoms with van der Waals surface area (Å²) in [5.74, 6) is -1.02. The Kier molecular flexibility index (Phi) is 6.46. The molecule has 11 heteroatoms. The van der Waals surface area contributed by atoms with Gasteiger partial charge in [0.15, 0.2) is 0 Å². The third-order valence-electron chi connectivity index (χ3n) is 2.79. The van der Waals surface area contributed by atoms with Crippen LogP contribution in [-0.4, -0.2) is 84.8 Å². The van der Waals surface area contributed by atoms with Crippen LogP contribution in [-0.2, 0) is 23.3 Å². The van der Waals surface area contributed by atoms with E-state index in [1.807, 2.05) is 0 Å². The van der Waals surface area contributed by atoms with Crippen molar-refractivity contribution >= 4 is 23.6 Å². The molecule has 1 rings (SSSR count). The van der Waals surface area contributed by atoms with Crippen LogP contribution in [0.4, 0.5) is 0 Å². The predicted octanol–water partition coefficient (Wildman–Crippen LogP) is -2.01. The molecule has 0 aliphatic carbocycles. The van der Waals surface area contributed by atoms with E-state index in [9.17, 15) is 32.0 Å². The number of aliphatic hydroxyl groups excluding tert-OH is 3. The van der Waals surface area contributed by atoms with Crippen LogP contribution in [0.25, 0.3) is 0 Å². The summed E-state index contributed by atoms with van der Waals surface area (Å²) < 4.78 is 53.3. The summed E-state index contributed by atoms with van der Waals surface area (Å²) in [6.45, 7) is -0.552. The van der Waals surface area contributed by atoms with E-state index in [4.69, 9.17) is 9.47 Å². The number of hydrogen-bond acceptors (Lipinski definition) is 9. The molecule has 0 bridgehead atoms. The molecule has 0 aromatic rings. The fourth-order valence-electron chi connectivity index (χ4n) is 1.93. The monoisotopic (exact) mass is 391 g/mol. The van der Waals surface area contributed by atoms with Crippen molar-refractivity contribution in [1.29, 1.82) is 0 Å². The molecule has 1 saturated heterocycles. The molecule has 1 fully saturated rings. The van der Waals surface area contributed by atoms with E-state index in [1.54, 1.807) is 11.4 Å². The average molecular weight is 391 g/mol. The Morgan fingerprint density at radius 1 is 1.33 bits per heavy atom. The Labute approximate surface area is 125 Å². The van der Waals surface area contributed by atoms with E-state index < -0.39 is 66.7 Å². The van der Waals surface area contributed by atoms with Gasteiger partial charge >= 0.3 is 125 Å². The molecule has 0 radical (unpaired) electrons. The Hall–Kier alpha value is 0.0684. The van der Waals surface area contributed by atoms with Crippen molar-refractivity contribution in [3.63, 3.8) is 0 Å². The van der Waals surface area contributed by atoms with Crippen LogP contribution >= 0.6 is 0 Å². The fraction of sp³-hybridized carbons (Fsp3) is 1.00. The summed E-state index contributed by atoms with van der Waals surface area (Å²) >= 11 is -3.10. The number of aliphatic hydroxyl groups is 3. The number of ether oxygens (including phenoxy) is 2. The topological polar surface area (TPSA) is 153 Å². The summed E-state index contributed by atoms with van der Waals surface area (Å²) in [4.78, 5) is 0. The Morgan fingerprint density at radius 3 is 2.38 bits per heavy atom. The molecule has 0 aromatic carbocycles. The Morgan fingerprint density at radius 2 is 1.90 bits per heavy atom. The Balaban J connectivity index is 2.52. The first-order valence-corrected chi connectivity index (χ1v) is 13.6. The molecule has 0 spiro atoms. The van der Waals surface area contributed by atoms with E-state index in [0.717, 1.165) is 0 Å². The van der Waals surface area contributed by atoms with Crippen molar-refractivity contribution in [2.75, 3.05) is 12.4 Å². The van der Waals surface area contributed by atoms with Crippen molar-refractivity contribution < 1.29 is 41.5 Å². The normalized spacial score (nSPS) is 32.3. The first-order chi connectivity index (χ1) is 9.39. The van der Waals surface area contributed by atoms with Gasteiger partial charge in [-0.2, -0.15) is 0 Å². The number of rotatable bonds is 7. The van der Waals surface area contributed by atoms with Gasteiger partial charge in [0.05, 0.1) is 0 Å². The van der Waals surface area contributed by atoms with Crippen LogP contribution in [0.5, 0.6) is 0 Å². The van der Waals surface area contributed by atoms with Crippen LogP contribution in [0, 0.1) is 0 Å². The first-order valence-electron chi connectivity index (χ1n) is 6.18. The van der Waals surface area contributed by atoms with Crippen molar-refractivity contribution in [1.82, 2.24) is 0 Å². The molecular formula is C10H20AsO9S-. The average Bonchev–Trinajstić information content (AvgIpc) is 2.50. The molecular weight excluding hydrogens is 371 g/mol. The van der Waals surface area contributed by atoms with Crippen LogP contribution in [0.2, 0.25) is 16.6 Å².